The fourth-order valence-electron chi connectivity index (χ4n) is 12.6. The molecule has 4 saturated carbocycles. The summed E-state index contributed by atoms with van der Waals surface area (Å²) in [7, 11) is 0. The molecule has 0 radical (unpaired) electrons. The van der Waals surface area contributed by atoms with Gasteiger partial charge in [-0.25, -0.2) is 0 Å². The highest BCUT2D eigenvalue weighted by Gasteiger charge is 2.84. The highest BCUT2D eigenvalue weighted by Crippen LogP contribution is 2.89. The van der Waals surface area contributed by atoms with Gasteiger partial charge in [-0.05, 0) is 109 Å². The molecule has 0 aromatic heterocycles. The van der Waals surface area contributed by atoms with E-state index in [-0.39, 0.29) is 33.7 Å². The lowest BCUT2D eigenvalue weighted by Gasteiger charge is -2.67. The third-order valence-corrected chi connectivity index (χ3v) is 13.8. The maximum absolute atomic E-state index is 10.8. The lowest BCUT2D eigenvalue weighted by molar-refractivity contribution is -0.110. The van der Waals surface area contributed by atoms with Crippen molar-refractivity contribution in [2.45, 2.75) is 85.0 Å². The summed E-state index contributed by atoms with van der Waals surface area (Å²) in [5.74, 6) is 2.59. The maximum atomic E-state index is 10.8. The third kappa shape index (κ3) is 2.96. The number of fused-ring (bicyclic) bond motifs is 2. The van der Waals surface area contributed by atoms with Crippen LogP contribution in [0, 0.1) is 56.7 Å². The maximum Gasteiger partial charge on any atom is 0.0576 e. The Morgan fingerprint density at radius 1 is 1.16 bits per heavy atom. The van der Waals surface area contributed by atoms with E-state index in [1.165, 1.54) is 62.5 Å². The largest absolute Gasteiger partial charge is 0.396 e. The molecule has 0 saturated heterocycles. The minimum absolute atomic E-state index is 0.142. The van der Waals surface area contributed by atoms with Crippen LogP contribution in [-0.2, 0) is 0 Å². The predicted molar refractivity (Wildman–Crippen MR) is 155 cm³/mol. The van der Waals surface area contributed by atoms with E-state index in [0.29, 0.717) is 36.2 Å². The molecule has 7 rings (SSSR count). The molecule has 3 spiro atoms. The molecule has 3 heteroatoms. The van der Waals surface area contributed by atoms with E-state index in [9.17, 15) is 10.2 Å². The fourth-order valence-corrected chi connectivity index (χ4v) is 12.6. The van der Waals surface area contributed by atoms with Crippen LogP contribution >= 0.6 is 0 Å². The van der Waals surface area contributed by atoms with Gasteiger partial charge in [0, 0.05) is 30.3 Å². The van der Waals surface area contributed by atoms with E-state index in [2.05, 4.69) is 50.1 Å². The van der Waals surface area contributed by atoms with Crippen molar-refractivity contribution in [1.82, 2.24) is 0 Å². The third-order valence-electron chi connectivity index (χ3n) is 13.8. The average molecular weight is 516 g/mol. The number of aliphatic imine (C=N–C) groups is 1. The van der Waals surface area contributed by atoms with Gasteiger partial charge in [-0.15, -0.1) is 0 Å². The summed E-state index contributed by atoms with van der Waals surface area (Å²) in [6.07, 6.45) is 24.1. The molecule has 3 nitrogen and oxygen atoms in total. The number of allylic oxidation sites excluding steroid dienone is 6. The van der Waals surface area contributed by atoms with Crippen molar-refractivity contribution in [3.05, 3.63) is 47.6 Å². The number of rotatable bonds is 6. The van der Waals surface area contributed by atoms with Crippen LogP contribution in [0.25, 0.3) is 0 Å². The average Bonchev–Trinajstić information content (AvgIpc) is 3.44. The molecule has 1 heterocycles. The molecule has 7 aliphatic rings. The van der Waals surface area contributed by atoms with E-state index in [4.69, 9.17) is 6.58 Å². The van der Waals surface area contributed by atoms with E-state index >= 15 is 0 Å². The lowest BCUT2D eigenvalue weighted by Crippen LogP contribution is -2.60. The summed E-state index contributed by atoms with van der Waals surface area (Å²) in [6.45, 7) is 13.8. The second-order valence-corrected chi connectivity index (χ2v) is 15.4. The molecule has 4 fully saturated rings. The zero-order valence-corrected chi connectivity index (χ0v) is 24.0. The number of aliphatic hydroxyl groups excluding tert-OH is 2. The standard InChI is InChI=1S/C35H49NO2/c1-23-15-29-32(4)28(8-6-12-35(32)30(23)31(35,2)3)34(11-5-7-27(34)21-38)22-33(29)13-9-24(18-33)16-26(20-37)17-25-10-14-36-19-25/h6,10,12,15,19,24,26-28,30,37-38H,1,5,7-9,11,13-14,16-18,20-22H2,2-4H3/t24-,26-,27+,28+,30-,32+,33+,34-,35-/m0/s1. The first-order chi connectivity index (χ1) is 18.2. The van der Waals surface area contributed by atoms with E-state index in [1.54, 1.807) is 5.57 Å². The molecule has 0 amide bonds. The predicted octanol–water partition coefficient (Wildman–Crippen LogP) is 7.08. The monoisotopic (exact) mass is 515 g/mol. The minimum Gasteiger partial charge on any atom is -0.396 e. The van der Waals surface area contributed by atoms with Crippen molar-refractivity contribution < 1.29 is 10.2 Å². The zero-order valence-electron chi connectivity index (χ0n) is 24.0. The van der Waals surface area contributed by atoms with Gasteiger partial charge in [0.05, 0.1) is 6.54 Å². The summed E-state index contributed by atoms with van der Waals surface area (Å²) in [5.41, 5.74) is 5.44. The first-order valence-corrected chi connectivity index (χ1v) is 15.7. The fraction of sp³-hybridized carbons (Fsp3) is 0.743. The van der Waals surface area contributed by atoms with Crippen molar-refractivity contribution in [3.8, 4) is 0 Å². The summed E-state index contributed by atoms with van der Waals surface area (Å²) in [5, 5.41) is 21.1. The van der Waals surface area contributed by atoms with Crippen molar-refractivity contribution in [1.29, 1.82) is 0 Å². The molecule has 0 bridgehead atoms. The number of hydrogen-bond donors (Lipinski definition) is 2. The number of aliphatic hydroxyl groups is 2. The molecule has 0 aromatic carbocycles. The Bertz CT molecular complexity index is 1160. The van der Waals surface area contributed by atoms with Gasteiger partial charge in [-0.1, -0.05) is 69.2 Å². The second-order valence-electron chi connectivity index (χ2n) is 15.4. The molecule has 38 heavy (non-hydrogen) atoms. The number of hydrogen-bond acceptors (Lipinski definition) is 3. The topological polar surface area (TPSA) is 52.8 Å². The Hall–Kier alpha value is -1.45. The summed E-state index contributed by atoms with van der Waals surface area (Å²) in [4.78, 5) is 4.38. The SMILES string of the molecule is C=C1C=C2[C@@]3(CC[C@@H](C[C@H](CO)CC4=CCN=C4)C3)C[C@]3(CCC[C@@H]3CO)[C@@H]3CC=C[C@@]4([C@@H]1C4(C)C)[C@@]23C. The summed E-state index contributed by atoms with van der Waals surface area (Å²) in [6, 6.07) is 0. The molecular formula is C35H49NO2. The van der Waals surface area contributed by atoms with Gasteiger partial charge in [0.15, 0.2) is 0 Å². The van der Waals surface area contributed by atoms with Crippen LogP contribution in [0.1, 0.15) is 85.0 Å². The quantitative estimate of drug-likeness (QED) is 0.372. The van der Waals surface area contributed by atoms with Crippen LogP contribution in [0.5, 0.6) is 0 Å². The Kier molecular flexibility index (Phi) is 5.57. The van der Waals surface area contributed by atoms with Gasteiger partial charge in [0.1, 0.15) is 0 Å². The van der Waals surface area contributed by atoms with Crippen LogP contribution in [0.3, 0.4) is 0 Å². The van der Waals surface area contributed by atoms with E-state index < -0.39 is 0 Å². The Balaban J connectivity index is 1.29. The first kappa shape index (κ1) is 25.5. The van der Waals surface area contributed by atoms with Crippen LogP contribution < -0.4 is 0 Å². The smallest absolute Gasteiger partial charge is 0.0576 e. The molecule has 2 N–H and O–H groups in total. The van der Waals surface area contributed by atoms with Gasteiger partial charge in [0.2, 0.25) is 0 Å². The highest BCUT2D eigenvalue weighted by atomic mass is 16.3. The molecule has 0 aromatic rings. The van der Waals surface area contributed by atoms with Crippen LogP contribution in [0.4, 0.5) is 0 Å². The second kappa shape index (κ2) is 8.29. The van der Waals surface area contributed by atoms with E-state index in [0.717, 1.165) is 19.4 Å². The molecular weight excluding hydrogens is 466 g/mol. The number of nitrogens with zero attached hydrogens (tertiary/aromatic N) is 1. The van der Waals surface area contributed by atoms with Gasteiger partial charge < -0.3 is 10.2 Å². The van der Waals surface area contributed by atoms with Crippen molar-refractivity contribution >= 4 is 6.21 Å². The Morgan fingerprint density at radius 2 is 2.00 bits per heavy atom. The van der Waals surface area contributed by atoms with Crippen molar-refractivity contribution in [2.75, 3.05) is 19.8 Å². The van der Waals surface area contributed by atoms with E-state index in [1.807, 2.05) is 6.21 Å². The van der Waals surface area contributed by atoms with Crippen molar-refractivity contribution in [2.24, 2.45) is 61.7 Å². The Labute approximate surface area is 230 Å². The van der Waals surface area contributed by atoms with Crippen LogP contribution in [-0.4, -0.2) is 36.2 Å². The lowest BCUT2D eigenvalue weighted by atomic mass is 9.37. The van der Waals surface area contributed by atoms with Gasteiger partial charge >= 0.3 is 0 Å². The zero-order chi connectivity index (χ0) is 26.6. The van der Waals surface area contributed by atoms with Gasteiger partial charge in [-0.2, -0.15) is 0 Å². The molecule has 0 unspecified atom stereocenters. The van der Waals surface area contributed by atoms with Gasteiger partial charge in [-0.3, -0.25) is 4.99 Å². The van der Waals surface area contributed by atoms with Crippen LogP contribution in [0.2, 0.25) is 0 Å². The van der Waals surface area contributed by atoms with Crippen LogP contribution in [0.15, 0.2) is 52.6 Å². The molecule has 206 valence electrons. The minimum atomic E-state index is 0.142. The molecule has 1 aliphatic heterocycles. The summed E-state index contributed by atoms with van der Waals surface area (Å²) >= 11 is 0. The highest BCUT2D eigenvalue weighted by molar-refractivity contribution is 5.80. The first-order valence-electron chi connectivity index (χ1n) is 15.7. The molecule has 9 atom stereocenters. The molecule has 6 aliphatic carbocycles. The summed E-state index contributed by atoms with van der Waals surface area (Å²) < 4.78 is 0. The normalized spacial score (nSPS) is 48.3. The van der Waals surface area contributed by atoms with Gasteiger partial charge in [0.25, 0.3) is 0 Å². The van der Waals surface area contributed by atoms with Crippen molar-refractivity contribution in [3.63, 3.8) is 0 Å². The Morgan fingerprint density at radius 3 is 2.74 bits per heavy atom.